The van der Waals surface area contributed by atoms with Crippen LogP contribution < -0.4 is 15.4 Å². The topological polar surface area (TPSA) is 79.8 Å². The monoisotopic (exact) mass is 336 g/mol. The Morgan fingerprint density at radius 1 is 1.38 bits per heavy atom. The number of rotatable bonds is 7. The number of nitrogens with one attached hydrogen (secondary N) is 2. The molecule has 3 N–H and O–H groups in total. The standard InChI is InChI=1S/C18H28N2O4/c1-18(2,3)24-17(22)20-12-15-11-13-10-14(6-7-16(13)23-15)19-8-4-5-9-21/h6-7,10,15,19,21H,4-5,8-9,11-12H2,1-3H3,(H,20,22). The van der Waals surface area contributed by atoms with E-state index in [1.807, 2.05) is 32.9 Å². The molecule has 1 unspecified atom stereocenters. The molecule has 1 aliphatic rings. The summed E-state index contributed by atoms with van der Waals surface area (Å²) < 4.78 is 11.1. The SMILES string of the molecule is CC(C)(C)OC(=O)NCC1Cc2cc(NCCCCO)ccc2O1. The van der Waals surface area contributed by atoms with Crippen molar-refractivity contribution < 1.29 is 19.4 Å². The van der Waals surface area contributed by atoms with Crippen LogP contribution in [-0.4, -0.2) is 42.6 Å². The fraction of sp³-hybridized carbons (Fsp3) is 0.611. The second kappa shape index (κ2) is 8.24. The third-order valence-electron chi connectivity index (χ3n) is 3.59. The fourth-order valence-corrected chi connectivity index (χ4v) is 2.53. The van der Waals surface area contributed by atoms with E-state index in [4.69, 9.17) is 14.6 Å². The van der Waals surface area contributed by atoms with Crippen molar-refractivity contribution in [1.29, 1.82) is 0 Å². The lowest BCUT2D eigenvalue weighted by molar-refractivity contribution is 0.0506. The van der Waals surface area contributed by atoms with Crippen LogP contribution in [0.1, 0.15) is 39.2 Å². The van der Waals surface area contributed by atoms with Crippen LogP contribution in [-0.2, 0) is 11.2 Å². The molecule has 6 heteroatoms. The molecular weight excluding hydrogens is 308 g/mol. The summed E-state index contributed by atoms with van der Waals surface area (Å²) in [7, 11) is 0. The summed E-state index contributed by atoms with van der Waals surface area (Å²) in [6, 6.07) is 6.03. The minimum atomic E-state index is -0.500. The lowest BCUT2D eigenvalue weighted by Gasteiger charge is -2.20. The molecule has 0 aromatic heterocycles. The predicted octanol–water partition coefficient (Wildman–Crippen LogP) is 2.70. The Balaban J connectivity index is 1.78. The van der Waals surface area contributed by atoms with E-state index in [0.717, 1.165) is 42.8 Å². The molecule has 0 spiro atoms. The quantitative estimate of drug-likeness (QED) is 0.667. The van der Waals surface area contributed by atoms with Gasteiger partial charge in [-0.2, -0.15) is 0 Å². The van der Waals surface area contributed by atoms with Gasteiger partial charge in [0.1, 0.15) is 17.5 Å². The Bertz CT molecular complexity index is 554. The second-order valence-corrected chi connectivity index (χ2v) is 7.01. The molecule has 0 radical (unpaired) electrons. The van der Waals surface area contributed by atoms with Crippen LogP contribution in [0.3, 0.4) is 0 Å². The molecule has 0 bridgehead atoms. The molecule has 1 aliphatic heterocycles. The number of anilines is 1. The number of carbonyl (C=O) groups excluding carboxylic acids is 1. The number of carbonyl (C=O) groups is 1. The smallest absolute Gasteiger partial charge is 0.407 e. The zero-order valence-corrected chi connectivity index (χ0v) is 14.7. The maximum atomic E-state index is 11.7. The second-order valence-electron chi connectivity index (χ2n) is 7.01. The normalized spacial score (nSPS) is 16.2. The van der Waals surface area contributed by atoms with Crippen molar-refractivity contribution in [2.45, 2.75) is 51.7 Å². The summed E-state index contributed by atoms with van der Waals surface area (Å²) >= 11 is 0. The number of alkyl carbamates (subject to hydrolysis) is 1. The number of benzene rings is 1. The van der Waals surface area contributed by atoms with Crippen molar-refractivity contribution in [3.8, 4) is 5.75 Å². The summed E-state index contributed by atoms with van der Waals surface area (Å²) in [4.78, 5) is 11.7. The third-order valence-corrected chi connectivity index (χ3v) is 3.59. The third kappa shape index (κ3) is 5.92. The zero-order chi connectivity index (χ0) is 17.6. The van der Waals surface area contributed by atoms with E-state index in [-0.39, 0.29) is 12.7 Å². The summed E-state index contributed by atoms with van der Waals surface area (Å²) in [6.45, 7) is 7.00. The minimum absolute atomic E-state index is 0.0721. The van der Waals surface area contributed by atoms with E-state index >= 15 is 0 Å². The molecular formula is C18H28N2O4. The van der Waals surface area contributed by atoms with Gasteiger partial charge in [-0.15, -0.1) is 0 Å². The zero-order valence-electron chi connectivity index (χ0n) is 14.7. The summed E-state index contributed by atoms with van der Waals surface area (Å²) in [6.07, 6.45) is 2.01. The van der Waals surface area contributed by atoms with Gasteiger partial charge >= 0.3 is 6.09 Å². The number of aliphatic hydroxyl groups excluding tert-OH is 1. The van der Waals surface area contributed by atoms with E-state index in [1.54, 1.807) is 0 Å². The average Bonchev–Trinajstić information content (AvgIpc) is 2.90. The molecule has 0 saturated heterocycles. The van der Waals surface area contributed by atoms with Gasteiger partial charge in [0.2, 0.25) is 0 Å². The van der Waals surface area contributed by atoms with Gasteiger partial charge in [0, 0.05) is 25.3 Å². The molecule has 1 amide bonds. The Morgan fingerprint density at radius 3 is 2.88 bits per heavy atom. The van der Waals surface area contributed by atoms with E-state index in [0.29, 0.717) is 6.54 Å². The minimum Gasteiger partial charge on any atom is -0.488 e. The maximum Gasteiger partial charge on any atom is 0.407 e. The van der Waals surface area contributed by atoms with Crippen LogP contribution in [0.2, 0.25) is 0 Å². The lowest BCUT2D eigenvalue weighted by Crippen LogP contribution is -2.38. The first-order valence-electron chi connectivity index (χ1n) is 8.48. The molecule has 6 nitrogen and oxygen atoms in total. The number of aliphatic hydroxyl groups is 1. The first-order valence-corrected chi connectivity index (χ1v) is 8.48. The molecule has 0 fully saturated rings. The van der Waals surface area contributed by atoms with Crippen LogP contribution in [0, 0.1) is 0 Å². The van der Waals surface area contributed by atoms with Gasteiger partial charge in [0.25, 0.3) is 0 Å². The fourth-order valence-electron chi connectivity index (χ4n) is 2.53. The van der Waals surface area contributed by atoms with Gasteiger partial charge in [0.15, 0.2) is 0 Å². The van der Waals surface area contributed by atoms with E-state index in [2.05, 4.69) is 16.7 Å². The van der Waals surface area contributed by atoms with Gasteiger partial charge in [0.05, 0.1) is 6.54 Å². The molecule has 0 aliphatic carbocycles. The molecule has 134 valence electrons. The number of hydrogen-bond acceptors (Lipinski definition) is 5. The first-order chi connectivity index (χ1) is 11.4. The molecule has 0 saturated carbocycles. The van der Waals surface area contributed by atoms with E-state index < -0.39 is 11.7 Å². The lowest BCUT2D eigenvalue weighted by atomic mass is 10.1. The largest absolute Gasteiger partial charge is 0.488 e. The van der Waals surface area contributed by atoms with Gasteiger partial charge < -0.3 is 25.2 Å². The van der Waals surface area contributed by atoms with Gasteiger partial charge in [-0.3, -0.25) is 0 Å². The highest BCUT2D eigenvalue weighted by molar-refractivity contribution is 5.67. The van der Waals surface area contributed by atoms with Crippen LogP contribution >= 0.6 is 0 Å². The van der Waals surface area contributed by atoms with E-state index in [1.165, 1.54) is 0 Å². The number of hydrogen-bond donors (Lipinski definition) is 3. The van der Waals surface area contributed by atoms with Gasteiger partial charge in [-0.05, 0) is 57.4 Å². The first kappa shape index (κ1) is 18.4. The summed E-state index contributed by atoms with van der Waals surface area (Å²) in [5.74, 6) is 0.867. The molecule has 1 aromatic carbocycles. The Hall–Kier alpha value is -1.95. The highest BCUT2D eigenvalue weighted by atomic mass is 16.6. The summed E-state index contributed by atoms with van der Waals surface area (Å²) in [5, 5.41) is 14.9. The van der Waals surface area contributed by atoms with Crippen LogP contribution in [0.5, 0.6) is 5.75 Å². The molecule has 1 atom stereocenters. The van der Waals surface area contributed by atoms with Crippen LogP contribution in [0.25, 0.3) is 0 Å². The Morgan fingerprint density at radius 2 is 2.17 bits per heavy atom. The molecule has 1 aromatic rings. The van der Waals surface area contributed by atoms with Crippen molar-refractivity contribution in [3.63, 3.8) is 0 Å². The number of amides is 1. The van der Waals surface area contributed by atoms with Crippen molar-refractivity contribution in [2.75, 3.05) is 25.0 Å². The van der Waals surface area contributed by atoms with Gasteiger partial charge in [-0.1, -0.05) is 0 Å². The summed E-state index contributed by atoms with van der Waals surface area (Å²) in [5.41, 5.74) is 1.69. The van der Waals surface area contributed by atoms with Crippen LogP contribution in [0.15, 0.2) is 18.2 Å². The average molecular weight is 336 g/mol. The van der Waals surface area contributed by atoms with E-state index in [9.17, 15) is 4.79 Å². The Kier molecular flexibility index (Phi) is 6.31. The molecule has 24 heavy (non-hydrogen) atoms. The Labute approximate surface area is 143 Å². The number of unbranched alkanes of at least 4 members (excludes halogenated alkanes) is 1. The van der Waals surface area contributed by atoms with Crippen molar-refractivity contribution in [1.82, 2.24) is 5.32 Å². The predicted molar refractivity (Wildman–Crippen MR) is 93.6 cm³/mol. The number of fused-ring (bicyclic) bond motifs is 1. The van der Waals surface area contributed by atoms with Crippen molar-refractivity contribution in [3.05, 3.63) is 23.8 Å². The number of ether oxygens (including phenoxy) is 2. The van der Waals surface area contributed by atoms with Crippen LogP contribution in [0.4, 0.5) is 10.5 Å². The van der Waals surface area contributed by atoms with Crippen molar-refractivity contribution >= 4 is 11.8 Å². The maximum absolute atomic E-state index is 11.7. The van der Waals surface area contributed by atoms with Gasteiger partial charge in [-0.25, -0.2) is 4.79 Å². The van der Waals surface area contributed by atoms with Crippen molar-refractivity contribution in [2.24, 2.45) is 0 Å². The molecule has 2 rings (SSSR count). The highest BCUT2D eigenvalue weighted by Gasteiger charge is 2.24. The molecule has 1 heterocycles. The highest BCUT2D eigenvalue weighted by Crippen LogP contribution is 2.31.